The van der Waals surface area contributed by atoms with Gasteiger partial charge in [-0.3, -0.25) is 9.59 Å². The van der Waals surface area contributed by atoms with Crippen molar-refractivity contribution in [3.63, 3.8) is 0 Å². The van der Waals surface area contributed by atoms with Crippen molar-refractivity contribution < 1.29 is 9.59 Å². The van der Waals surface area contributed by atoms with Crippen LogP contribution in [0.5, 0.6) is 0 Å². The Morgan fingerprint density at radius 1 is 1.09 bits per heavy atom. The summed E-state index contributed by atoms with van der Waals surface area (Å²) in [6.45, 7) is 2.34. The molecule has 0 spiro atoms. The van der Waals surface area contributed by atoms with Crippen molar-refractivity contribution in [2.24, 2.45) is 0 Å². The van der Waals surface area contributed by atoms with E-state index in [2.05, 4.69) is 15.6 Å². The van der Waals surface area contributed by atoms with Gasteiger partial charge in [-0.25, -0.2) is 4.98 Å². The zero-order valence-electron chi connectivity index (χ0n) is 12.5. The summed E-state index contributed by atoms with van der Waals surface area (Å²) in [4.78, 5) is 28.0. The number of hydrogen-bond donors (Lipinski definition) is 2. The van der Waals surface area contributed by atoms with Gasteiger partial charge in [0.2, 0.25) is 5.91 Å². The molecular weight excluding hydrogens is 278 g/mol. The van der Waals surface area contributed by atoms with Gasteiger partial charge in [-0.05, 0) is 24.1 Å². The van der Waals surface area contributed by atoms with Gasteiger partial charge in [0.1, 0.15) is 0 Å². The topological polar surface area (TPSA) is 71.1 Å². The Hall–Kier alpha value is -2.69. The summed E-state index contributed by atoms with van der Waals surface area (Å²) in [6, 6.07) is 13.0. The first-order valence-electron chi connectivity index (χ1n) is 7.27. The fraction of sp³-hybridized carbons (Fsp3) is 0.235. The number of nitrogens with zero attached hydrogens (tertiary/aromatic N) is 1. The third kappa shape index (κ3) is 4.41. The number of pyridine rings is 1. The second-order valence-electron chi connectivity index (χ2n) is 4.87. The second-order valence-corrected chi connectivity index (χ2v) is 4.87. The molecule has 2 rings (SSSR count). The normalized spacial score (nSPS) is 10.0. The van der Waals surface area contributed by atoms with E-state index in [0.29, 0.717) is 18.7 Å². The smallest absolute Gasteiger partial charge is 0.272 e. The van der Waals surface area contributed by atoms with Crippen molar-refractivity contribution in [2.45, 2.75) is 26.3 Å². The molecule has 0 aliphatic carbocycles. The molecule has 0 saturated heterocycles. The maximum absolute atomic E-state index is 12.3. The van der Waals surface area contributed by atoms with E-state index in [1.54, 1.807) is 12.1 Å². The highest BCUT2D eigenvalue weighted by Gasteiger charge is 2.14. The molecule has 0 aliphatic heterocycles. The SMILES string of the molecule is CCCC(=O)Nc1cccnc1C(=O)NCc1ccccc1. The number of carbonyl (C=O) groups is 2. The monoisotopic (exact) mass is 297 g/mol. The molecular formula is C17H19N3O2. The maximum Gasteiger partial charge on any atom is 0.272 e. The fourth-order valence-corrected chi connectivity index (χ4v) is 1.99. The highest BCUT2D eigenvalue weighted by atomic mass is 16.2. The zero-order valence-corrected chi connectivity index (χ0v) is 12.5. The van der Waals surface area contributed by atoms with Gasteiger partial charge in [-0.15, -0.1) is 0 Å². The van der Waals surface area contributed by atoms with Gasteiger partial charge in [-0.2, -0.15) is 0 Å². The molecule has 0 aliphatic rings. The Labute approximate surface area is 129 Å². The molecule has 2 N–H and O–H groups in total. The summed E-state index contributed by atoms with van der Waals surface area (Å²) in [6.07, 6.45) is 2.70. The van der Waals surface area contributed by atoms with Crippen LogP contribution in [0.15, 0.2) is 48.7 Å². The number of amides is 2. The minimum absolute atomic E-state index is 0.118. The summed E-state index contributed by atoms with van der Waals surface area (Å²) in [7, 11) is 0. The summed E-state index contributed by atoms with van der Waals surface area (Å²) in [5.41, 5.74) is 1.66. The molecule has 0 saturated carbocycles. The van der Waals surface area contributed by atoms with Gasteiger partial charge in [0.25, 0.3) is 5.91 Å². The lowest BCUT2D eigenvalue weighted by atomic mass is 10.2. The van der Waals surface area contributed by atoms with Gasteiger partial charge in [0.15, 0.2) is 5.69 Å². The first kappa shape index (κ1) is 15.7. The predicted octanol–water partition coefficient (Wildman–Crippen LogP) is 2.75. The van der Waals surface area contributed by atoms with Gasteiger partial charge in [0.05, 0.1) is 5.69 Å². The van der Waals surface area contributed by atoms with Crippen LogP contribution in [0.2, 0.25) is 0 Å². The van der Waals surface area contributed by atoms with Crippen molar-refractivity contribution in [1.82, 2.24) is 10.3 Å². The van der Waals surface area contributed by atoms with Gasteiger partial charge in [0, 0.05) is 19.2 Å². The van der Waals surface area contributed by atoms with Crippen LogP contribution >= 0.6 is 0 Å². The van der Waals surface area contributed by atoms with Gasteiger partial charge >= 0.3 is 0 Å². The van der Waals surface area contributed by atoms with Crippen molar-refractivity contribution in [3.05, 3.63) is 59.9 Å². The van der Waals surface area contributed by atoms with E-state index in [4.69, 9.17) is 0 Å². The quantitative estimate of drug-likeness (QED) is 0.861. The lowest BCUT2D eigenvalue weighted by Crippen LogP contribution is -2.25. The average Bonchev–Trinajstić information content (AvgIpc) is 2.54. The molecule has 1 aromatic heterocycles. The third-order valence-corrected chi connectivity index (χ3v) is 3.07. The van der Waals surface area contributed by atoms with E-state index in [0.717, 1.165) is 12.0 Å². The molecule has 5 nitrogen and oxygen atoms in total. The molecule has 0 bridgehead atoms. The zero-order chi connectivity index (χ0) is 15.8. The Morgan fingerprint density at radius 3 is 2.59 bits per heavy atom. The minimum atomic E-state index is -0.309. The number of rotatable bonds is 6. The van der Waals surface area contributed by atoms with Crippen LogP contribution in [0.3, 0.4) is 0 Å². The van der Waals surface area contributed by atoms with Crippen LogP contribution in [-0.4, -0.2) is 16.8 Å². The van der Waals surface area contributed by atoms with Crippen molar-refractivity contribution in [1.29, 1.82) is 0 Å². The maximum atomic E-state index is 12.3. The Morgan fingerprint density at radius 2 is 1.86 bits per heavy atom. The third-order valence-electron chi connectivity index (χ3n) is 3.07. The first-order chi connectivity index (χ1) is 10.7. The Bertz CT molecular complexity index is 641. The van der Waals surface area contributed by atoms with E-state index in [1.807, 2.05) is 37.3 Å². The second kappa shape index (κ2) is 7.93. The molecule has 0 radical (unpaired) electrons. The van der Waals surface area contributed by atoms with Crippen molar-refractivity contribution in [2.75, 3.05) is 5.32 Å². The molecule has 1 aromatic carbocycles. The number of carbonyl (C=O) groups excluding carboxylic acids is 2. The average molecular weight is 297 g/mol. The van der Waals surface area contributed by atoms with Crippen LogP contribution in [0.1, 0.15) is 35.8 Å². The fourth-order valence-electron chi connectivity index (χ4n) is 1.99. The highest BCUT2D eigenvalue weighted by Crippen LogP contribution is 2.13. The van der Waals surface area contributed by atoms with Gasteiger partial charge < -0.3 is 10.6 Å². The Balaban J connectivity index is 2.04. The molecule has 22 heavy (non-hydrogen) atoms. The predicted molar refractivity (Wildman–Crippen MR) is 85.4 cm³/mol. The molecule has 2 amide bonds. The van der Waals surface area contributed by atoms with Crippen LogP contribution in [0.4, 0.5) is 5.69 Å². The standard InChI is InChI=1S/C17H19N3O2/c1-2-7-15(21)20-14-10-6-11-18-16(14)17(22)19-12-13-8-4-3-5-9-13/h3-6,8-11H,2,7,12H2,1H3,(H,19,22)(H,20,21). The summed E-state index contributed by atoms with van der Waals surface area (Å²) < 4.78 is 0. The molecule has 114 valence electrons. The van der Waals surface area contributed by atoms with Gasteiger partial charge in [-0.1, -0.05) is 37.3 Å². The van der Waals surface area contributed by atoms with E-state index < -0.39 is 0 Å². The summed E-state index contributed by atoms with van der Waals surface area (Å²) >= 11 is 0. The van der Waals surface area contributed by atoms with E-state index >= 15 is 0 Å². The first-order valence-corrected chi connectivity index (χ1v) is 7.27. The minimum Gasteiger partial charge on any atom is -0.347 e. The number of benzene rings is 1. The van der Waals surface area contributed by atoms with Crippen molar-refractivity contribution >= 4 is 17.5 Å². The van der Waals surface area contributed by atoms with E-state index in [1.165, 1.54) is 6.20 Å². The van der Waals surface area contributed by atoms with Crippen LogP contribution in [-0.2, 0) is 11.3 Å². The lowest BCUT2D eigenvalue weighted by molar-refractivity contribution is -0.116. The summed E-state index contributed by atoms with van der Waals surface area (Å²) in [5, 5.41) is 5.54. The van der Waals surface area contributed by atoms with Crippen LogP contribution in [0.25, 0.3) is 0 Å². The van der Waals surface area contributed by atoms with E-state index in [-0.39, 0.29) is 17.5 Å². The molecule has 0 fully saturated rings. The molecule has 2 aromatic rings. The number of hydrogen-bond acceptors (Lipinski definition) is 3. The number of nitrogens with one attached hydrogen (secondary N) is 2. The molecule has 0 atom stereocenters. The Kier molecular flexibility index (Phi) is 5.65. The largest absolute Gasteiger partial charge is 0.347 e. The molecule has 0 unspecified atom stereocenters. The van der Waals surface area contributed by atoms with Crippen LogP contribution in [0, 0.1) is 0 Å². The number of aromatic nitrogens is 1. The molecule has 1 heterocycles. The lowest BCUT2D eigenvalue weighted by Gasteiger charge is -2.10. The van der Waals surface area contributed by atoms with E-state index in [9.17, 15) is 9.59 Å². The highest BCUT2D eigenvalue weighted by molar-refractivity contribution is 6.02. The summed E-state index contributed by atoms with van der Waals surface area (Å²) in [5.74, 6) is -0.427. The van der Waals surface area contributed by atoms with Crippen molar-refractivity contribution in [3.8, 4) is 0 Å². The number of anilines is 1. The van der Waals surface area contributed by atoms with Crippen LogP contribution < -0.4 is 10.6 Å². The molecule has 5 heteroatoms.